The van der Waals surface area contributed by atoms with Gasteiger partial charge in [-0.25, -0.2) is 0 Å². The standard InChI is InChI=1S/C18H22N2O2/c1-14(20(2)13-15-7-5-4-6-8-15)18(21)19-16-9-11-17(22-3)12-10-16/h4-12,14H,13H2,1-3H3,(H,19,21)/t14-/m0/s1. The average molecular weight is 298 g/mol. The molecule has 2 aromatic carbocycles. The van der Waals surface area contributed by atoms with Crippen molar-refractivity contribution < 1.29 is 9.53 Å². The van der Waals surface area contributed by atoms with Gasteiger partial charge in [0.05, 0.1) is 13.2 Å². The van der Waals surface area contributed by atoms with Gasteiger partial charge in [-0.2, -0.15) is 0 Å². The molecule has 1 amide bonds. The van der Waals surface area contributed by atoms with E-state index in [1.54, 1.807) is 7.11 Å². The number of carbonyl (C=O) groups excluding carboxylic acids is 1. The van der Waals surface area contributed by atoms with Crippen molar-refractivity contribution in [3.05, 3.63) is 60.2 Å². The molecule has 0 saturated heterocycles. The molecule has 2 aromatic rings. The number of rotatable bonds is 6. The molecule has 0 unspecified atom stereocenters. The highest BCUT2D eigenvalue weighted by atomic mass is 16.5. The molecule has 0 aliphatic heterocycles. The van der Waals surface area contributed by atoms with Crippen LogP contribution < -0.4 is 10.1 Å². The molecule has 116 valence electrons. The summed E-state index contributed by atoms with van der Waals surface area (Å²) in [6.07, 6.45) is 0. The summed E-state index contributed by atoms with van der Waals surface area (Å²) in [6.45, 7) is 2.64. The van der Waals surface area contributed by atoms with E-state index in [2.05, 4.69) is 17.4 Å². The molecule has 2 rings (SSSR count). The van der Waals surface area contributed by atoms with E-state index in [1.165, 1.54) is 5.56 Å². The van der Waals surface area contributed by atoms with Crippen LogP contribution in [0.5, 0.6) is 5.75 Å². The lowest BCUT2D eigenvalue weighted by atomic mass is 10.2. The molecule has 0 aliphatic carbocycles. The normalized spacial score (nSPS) is 12.0. The van der Waals surface area contributed by atoms with Gasteiger partial charge >= 0.3 is 0 Å². The molecule has 4 nitrogen and oxygen atoms in total. The van der Waals surface area contributed by atoms with E-state index in [1.807, 2.05) is 61.3 Å². The summed E-state index contributed by atoms with van der Waals surface area (Å²) in [5.74, 6) is 0.746. The second-order valence-corrected chi connectivity index (χ2v) is 5.29. The Morgan fingerprint density at radius 1 is 1.14 bits per heavy atom. The maximum absolute atomic E-state index is 12.3. The Hall–Kier alpha value is -2.33. The van der Waals surface area contributed by atoms with Crippen molar-refractivity contribution in [3.63, 3.8) is 0 Å². The first-order valence-corrected chi connectivity index (χ1v) is 7.29. The van der Waals surface area contributed by atoms with E-state index < -0.39 is 0 Å². The van der Waals surface area contributed by atoms with Gasteiger partial charge in [0.2, 0.25) is 5.91 Å². The predicted octanol–water partition coefficient (Wildman–Crippen LogP) is 3.15. The van der Waals surface area contributed by atoms with Gasteiger partial charge in [-0.3, -0.25) is 9.69 Å². The zero-order valence-electron chi connectivity index (χ0n) is 13.2. The lowest BCUT2D eigenvalue weighted by molar-refractivity contribution is -0.120. The van der Waals surface area contributed by atoms with Gasteiger partial charge in [-0.1, -0.05) is 30.3 Å². The number of anilines is 1. The fourth-order valence-corrected chi connectivity index (χ4v) is 2.13. The van der Waals surface area contributed by atoms with E-state index >= 15 is 0 Å². The minimum Gasteiger partial charge on any atom is -0.497 e. The van der Waals surface area contributed by atoms with Gasteiger partial charge < -0.3 is 10.1 Å². The summed E-state index contributed by atoms with van der Waals surface area (Å²) in [4.78, 5) is 14.3. The Bertz CT molecular complexity index is 596. The third-order valence-electron chi connectivity index (χ3n) is 3.67. The van der Waals surface area contributed by atoms with Crippen LogP contribution in [-0.4, -0.2) is 31.0 Å². The highest BCUT2D eigenvalue weighted by Crippen LogP contribution is 2.16. The first-order chi connectivity index (χ1) is 10.6. The van der Waals surface area contributed by atoms with Crippen molar-refractivity contribution in [2.24, 2.45) is 0 Å². The summed E-state index contributed by atoms with van der Waals surface area (Å²) in [6, 6.07) is 17.2. The number of amides is 1. The Morgan fingerprint density at radius 2 is 1.77 bits per heavy atom. The molecule has 0 radical (unpaired) electrons. The van der Waals surface area contributed by atoms with Gasteiger partial charge in [-0.15, -0.1) is 0 Å². The summed E-state index contributed by atoms with van der Waals surface area (Å²) in [7, 11) is 3.57. The lowest BCUT2D eigenvalue weighted by Gasteiger charge is -2.24. The van der Waals surface area contributed by atoms with Crippen molar-refractivity contribution in [2.75, 3.05) is 19.5 Å². The minimum atomic E-state index is -0.220. The van der Waals surface area contributed by atoms with E-state index in [0.29, 0.717) is 0 Å². The third kappa shape index (κ3) is 4.33. The van der Waals surface area contributed by atoms with E-state index in [4.69, 9.17) is 4.74 Å². The molecule has 4 heteroatoms. The van der Waals surface area contributed by atoms with Crippen molar-refractivity contribution in [1.29, 1.82) is 0 Å². The Balaban J connectivity index is 1.93. The van der Waals surface area contributed by atoms with E-state index in [0.717, 1.165) is 18.0 Å². The average Bonchev–Trinajstić information content (AvgIpc) is 2.55. The summed E-state index contributed by atoms with van der Waals surface area (Å²) in [5, 5.41) is 2.92. The quantitative estimate of drug-likeness (QED) is 0.890. The van der Waals surface area contributed by atoms with Gasteiger partial charge in [0.1, 0.15) is 5.75 Å². The van der Waals surface area contributed by atoms with Crippen LogP contribution in [0, 0.1) is 0 Å². The number of hydrogen-bond donors (Lipinski definition) is 1. The first-order valence-electron chi connectivity index (χ1n) is 7.29. The monoisotopic (exact) mass is 298 g/mol. The lowest BCUT2D eigenvalue weighted by Crippen LogP contribution is -2.39. The van der Waals surface area contributed by atoms with Gasteiger partial charge in [0.25, 0.3) is 0 Å². The van der Waals surface area contributed by atoms with Crippen molar-refractivity contribution in [2.45, 2.75) is 19.5 Å². The number of hydrogen-bond acceptors (Lipinski definition) is 3. The number of methoxy groups -OCH3 is 1. The maximum atomic E-state index is 12.3. The maximum Gasteiger partial charge on any atom is 0.241 e. The summed E-state index contributed by atoms with van der Waals surface area (Å²) >= 11 is 0. The van der Waals surface area contributed by atoms with Gasteiger partial charge in [-0.05, 0) is 43.8 Å². The molecule has 22 heavy (non-hydrogen) atoms. The largest absolute Gasteiger partial charge is 0.497 e. The zero-order valence-corrected chi connectivity index (χ0v) is 13.2. The van der Waals surface area contributed by atoms with Crippen LogP contribution in [0.4, 0.5) is 5.69 Å². The highest BCUT2D eigenvalue weighted by molar-refractivity contribution is 5.94. The molecular formula is C18H22N2O2. The third-order valence-corrected chi connectivity index (χ3v) is 3.67. The summed E-state index contributed by atoms with van der Waals surface area (Å²) < 4.78 is 5.11. The molecule has 0 heterocycles. The second-order valence-electron chi connectivity index (χ2n) is 5.29. The first kappa shape index (κ1) is 16.0. The highest BCUT2D eigenvalue weighted by Gasteiger charge is 2.18. The van der Waals surface area contributed by atoms with Crippen LogP contribution in [0.3, 0.4) is 0 Å². The number of nitrogens with zero attached hydrogens (tertiary/aromatic N) is 1. The van der Waals surface area contributed by atoms with Crippen LogP contribution in [0.1, 0.15) is 12.5 Å². The molecular weight excluding hydrogens is 276 g/mol. The smallest absolute Gasteiger partial charge is 0.241 e. The molecule has 0 aromatic heterocycles. The fraction of sp³-hybridized carbons (Fsp3) is 0.278. The number of carbonyl (C=O) groups is 1. The predicted molar refractivity (Wildman–Crippen MR) is 89.0 cm³/mol. The molecule has 1 N–H and O–H groups in total. The number of likely N-dealkylation sites (N-methyl/N-ethyl adjacent to an activating group) is 1. The van der Waals surface area contributed by atoms with Crippen LogP contribution in [-0.2, 0) is 11.3 Å². The molecule has 0 aliphatic rings. The number of ether oxygens (including phenoxy) is 1. The Morgan fingerprint density at radius 3 is 2.36 bits per heavy atom. The van der Waals surface area contributed by atoms with Crippen LogP contribution in [0.2, 0.25) is 0 Å². The van der Waals surface area contributed by atoms with Gasteiger partial charge in [0.15, 0.2) is 0 Å². The molecule has 1 atom stereocenters. The molecule has 0 spiro atoms. The number of benzene rings is 2. The van der Waals surface area contributed by atoms with Crippen LogP contribution in [0.15, 0.2) is 54.6 Å². The topological polar surface area (TPSA) is 41.6 Å². The van der Waals surface area contributed by atoms with E-state index in [-0.39, 0.29) is 11.9 Å². The molecule has 0 saturated carbocycles. The van der Waals surface area contributed by atoms with Crippen molar-refractivity contribution >= 4 is 11.6 Å². The summed E-state index contributed by atoms with van der Waals surface area (Å²) in [5.41, 5.74) is 1.96. The van der Waals surface area contributed by atoms with Crippen molar-refractivity contribution in [1.82, 2.24) is 4.90 Å². The number of nitrogens with one attached hydrogen (secondary N) is 1. The molecule has 0 fully saturated rings. The zero-order chi connectivity index (χ0) is 15.9. The minimum absolute atomic E-state index is 0.0244. The Kier molecular flexibility index (Phi) is 5.55. The van der Waals surface area contributed by atoms with Crippen LogP contribution >= 0.6 is 0 Å². The molecule has 0 bridgehead atoms. The SMILES string of the molecule is COc1ccc(NC(=O)[C@H](C)N(C)Cc2ccccc2)cc1. The second kappa shape index (κ2) is 7.61. The van der Waals surface area contributed by atoms with Gasteiger partial charge in [0, 0.05) is 12.2 Å². The van der Waals surface area contributed by atoms with E-state index in [9.17, 15) is 4.79 Å². The Labute approximate surface area is 131 Å². The van der Waals surface area contributed by atoms with Crippen LogP contribution in [0.25, 0.3) is 0 Å². The fourth-order valence-electron chi connectivity index (χ4n) is 2.13. The van der Waals surface area contributed by atoms with Crippen molar-refractivity contribution in [3.8, 4) is 5.75 Å².